The van der Waals surface area contributed by atoms with Crippen LogP contribution in [0.3, 0.4) is 0 Å². The zero-order valence-electron chi connectivity index (χ0n) is 13.6. The van der Waals surface area contributed by atoms with Crippen LogP contribution in [0.1, 0.15) is 51.8 Å². The van der Waals surface area contributed by atoms with Crippen LogP contribution >= 0.6 is 11.8 Å². The summed E-state index contributed by atoms with van der Waals surface area (Å²) in [5.74, 6) is 0.723. The van der Waals surface area contributed by atoms with Crippen molar-refractivity contribution in [2.45, 2.75) is 45.0 Å². The average Bonchev–Trinajstić information content (AvgIpc) is 2.91. The van der Waals surface area contributed by atoms with Crippen LogP contribution < -0.4 is 0 Å². The Morgan fingerprint density at radius 3 is 2.32 bits per heavy atom. The summed E-state index contributed by atoms with van der Waals surface area (Å²) in [6, 6.07) is 0. The second kappa shape index (κ2) is 6.08. The number of Topliss-reactive ketones (excluding diaryl/α,β-unsaturated/α-hetero) is 2. The lowest BCUT2D eigenvalue weighted by atomic mass is 10.0. The van der Waals surface area contributed by atoms with Gasteiger partial charge in [-0.25, -0.2) is 0 Å². The Kier molecular flexibility index (Phi) is 4.55. The Labute approximate surface area is 133 Å². The van der Waals surface area contributed by atoms with Crippen LogP contribution in [0.25, 0.3) is 0 Å². The van der Waals surface area contributed by atoms with Gasteiger partial charge in [0.25, 0.3) is 0 Å². The van der Waals surface area contributed by atoms with Gasteiger partial charge in [-0.15, -0.1) is 10.2 Å². The SMILES string of the molecule is CC(=O)c1c(C)[nH]c(C(=O)C(C)Sc2nnc(C)n2C)c1C. The van der Waals surface area contributed by atoms with Gasteiger partial charge in [0.15, 0.2) is 16.7 Å². The smallest absolute Gasteiger partial charge is 0.192 e. The van der Waals surface area contributed by atoms with Crippen LogP contribution in [-0.4, -0.2) is 36.6 Å². The third-order valence-corrected chi connectivity index (χ3v) is 4.87. The molecule has 2 aromatic rings. The van der Waals surface area contributed by atoms with Gasteiger partial charge in [-0.1, -0.05) is 11.8 Å². The summed E-state index contributed by atoms with van der Waals surface area (Å²) in [7, 11) is 1.87. The van der Waals surface area contributed by atoms with Crippen LogP contribution in [0.15, 0.2) is 5.16 Å². The van der Waals surface area contributed by atoms with Crippen LogP contribution in [-0.2, 0) is 7.05 Å². The van der Waals surface area contributed by atoms with Crippen molar-refractivity contribution in [2.24, 2.45) is 7.05 Å². The molecule has 0 aliphatic heterocycles. The Hall–Kier alpha value is -1.89. The first-order valence-corrected chi connectivity index (χ1v) is 7.89. The van der Waals surface area contributed by atoms with Crippen LogP contribution in [0.5, 0.6) is 0 Å². The van der Waals surface area contributed by atoms with Crippen molar-refractivity contribution in [3.8, 4) is 0 Å². The number of aromatic nitrogens is 4. The molecular formula is C15H20N4O2S. The highest BCUT2D eigenvalue weighted by Gasteiger charge is 2.25. The lowest BCUT2D eigenvalue weighted by molar-refractivity contribution is 0.0988. The zero-order valence-corrected chi connectivity index (χ0v) is 14.5. The molecule has 2 aromatic heterocycles. The first-order chi connectivity index (χ1) is 10.2. The molecule has 0 spiro atoms. The maximum absolute atomic E-state index is 12.7. The van der Waals surface area contributed by atoms with Crippen molar-refractivity contribution >= 4 is 23.3 Å². The highest BCUT2D eigenvalue weighted by Crippen LogP contribution is 2.27. The van der Waals surface area contributed by atoms with Gasteiger partial charge in [0.1, 0.15) is 5.82 Å². The topological polar surface area (TPSA) is 80.6 Å². The molecule has 0 aliphatic carbocycles. The summed E-state index contributed by atoms with van der Waals surface area (Å²) in [6.45, 7) is 8.82. The van der Waals surface area contributed by atoms with E-state index in [1.807, 2.05) is 32.4 Å². The normalized spacial score (nSPS) is 12.5. The van der Waals surface area contributed by atoms with Crippen LogP contribution in [0.4, 0.5) is 0 Å². The molecule has 6 nitrogen and oxygen atoms in total. The molecule has 2 rings (SSSR count). The Balaban J connectivity index is 2.26. The van der Waals surface area contributed by atoms with E-state index in [2.05, 4.69) is 15.2 Å². The number of thioether (sulfide) groups is 1. The number of nitrogens with zero attached hydrogens (tertiary/aromatic N) is 3. The minimum atomic E-state index is -0.321. The predicted octanol–water partition coefficient (Wildman–Crippen LogP) is 2.63. The summed E-state index contributed by atoms with van der Waals surface area (Å²) in [5, 5.41) is 8.43. The van der Waals surface area contributed by atoms with E-state index < -0.39 is 0 Å². The number of ketones is 2. The van der Waals surface area contributed by atoms with E-state index in [-0.39, 0.29) is 16.8 Å². The summed E-state index contributed by atoms with van der Waals surface area (Å²) >= 11 is 1.36. The largest absolute Gasteiger partial charge is 0.355 e. The quantitative estimate of drug-likeness (QED) is 0.676. The zero-order chi connectivity index (χ0) is 16.6. The number of hydrogen-bond acceptors (Lipinski definition) is 5. The van der Waals surface area contributed by atoms with E-state index in [0.717, 1.165) is 17.1 Å². The molecule has 1 N–H and O–H groups in total. The van der Waals surface area contributed by atoms with Crippen LogP contribution in [0.2, 0.25) is 0 Å². The van der Waals surface area contributed by atoms with Crippen molar-refractivity contribution in [1.82, 2.24) is 19.7 Å². The fourth-order valence-corrected chi connectivity index (χ4v) is 3.35. The molecule has 1 atom stereocenters. The second-order valence-corrected chi connectivity index (χ2v) is 6.70. The van der Waals surface area contributed by atoms with Crippen LogP contribution in [0, 0.1) is 20.8 Å². The molecule has 7 heteroatoms. The Bertz CT molecular complexity index is 745. The van der Waals surface area contributed by atoms with Gasteiger partial charge in [0.2, 0.25) is 0 Å². The number of carbonyl (C=O) groups is 2. The number of rotatable bonds is 5. The molecule has 118 valence electrons. The van der Waals surface area contributed by atoms with Crippen molar-refractivity contribution in [3.63, 3.8) is 0 Å². The third kappa shape index (κ3) is 2.85. The van der Waals surface area contributed by atoms with Crippen molar-refractivity contribution in [2.75, 3.05) is 0 Å². The van der Waals surface area contributed by atoms with Gasteiger partial charge in [0.05, 0.1) is 10.9 Å². The fraction of sp³-hybridized carbons (Fsp3) is 0.467. The van der Waals surface area contributed by atoms with E-state index in [0.29, 0.717) is 16.4 Å². The average molecular weight is 320 g/mol. The minimum absolute atomic E-state index is 0.0328. The van der Waals surface area contributed by atoms with Gasteiger partial charge in [-0.3, -0.25) is 9.59 Å². The number of carbonyl (C=O) groups excluding carboxylic acids is 2. The monoisotopic (exact) mass is 320 g/mol. The van der Waals surface area contributed by atoms with E-state index in [1.165, 1.54) is 18.7 Å². The lowest BCUT2D eigenvalue weighted by Crippen LogP contribution is -2.16. The summed E-state index contributed by atoms with van der Waals surface area (Å²) in [5.41, 5.74) is 2.56. The number of H-pyrrole nitrogens is 1. The van der Waals surface area contributed by atoms with E-state index in [9.17, 15) is 9.59 Å². The third-order valence-electron chi connectivity index (χ3n) is 3.74. The molecule has 0 radical (unpaired) electrons. The highest BCUT2D eigenvalue weighted by molar-refractivity contribution is 8.00. The van der Waals surface area contributed by atoms with Crippen molar-refractivity contribution in [3.05, 3.63) is 28.3 Å². The van der Waals surface area contributed by atoms with Crippen molar-refractivity contribution < 1.29 is 9.59 Å². The molecule has 0 bridgehead atoms. The van der Waals surface area contributed by atoms with Crippen molar-refractivity contribution in [1.29, 1.82) is 0 Å². The molecule has 0 aromatic carbocycles. The highest BCUT2D eigenvalue weighted by atomic mass is 32.2. The van der Waals surface area contributed by atoms with Gasteiger partial charge in [0, 0.05) is 18.3 Å². The fourth-order valence-electron chi connectivity index (χ4n) is 2.43. The molecule has 0 aliphatic rings. The standard InChI is InChI=1S/C15H20N4O2S/c1-7-12(9(3)20)8(2)16-13(7)14(21)10(4)22-15-18-17-11(5)19(15)6/h10,16H,1-6H3. The first kappa shape index (κ1) is 16.5. The van der Waals surface area contributed by atoms with Gasteiger partial charge in [-0.05, 0) is 40.2 Å². The van der Waals surface area contributed by atoms with Gasteiger partial charge >= 0.3 is 0 Å². The Morgan fingerprint density at radius 2 is 1.86 bits per heavy atom. The minimum Gasteiger partial charge on any atom is -0.355 e. The van der Waals surface area contributed by atoms with E-state index >= 15 is 0 Å². The number of hydrogen-bond donors (Lipinski definition) is 1. The Morgan fingerprint density at radius 1 is 1.23 bits per heavy atom. The first-order valence-electron chi connectivity index (χ1n) is 7.01. The molecule has 22 heavy (non-hydrogen) atoms. The number of aryl methyl sites for hydroxylation is 2. The molecule has 0 saturated carbocycles. The molecule has 0 fully saturated rings. The van der Waals surface area contributed by atoms with E-state index in [1.54, 1.807) is 6.92 Å². The summed E-state index contributed by atoms with van der Waals surface area (Å²) in [6.07, 6.45) is 0. The molecule has 0 saturated heterocycles. The number of aromatic amines is 1. The molecular weight excluding hydrogens is 300 g/mol. The molecule has 1 unspecified atom stereocenters. The predicted molar refractivity (Wildman–Crippen MR) is 85.7 cm³/mol. The molecule has 2 heterocycles. The van der Waals surface area contributed by atoms with Gasteiger partial charge < -0.3 is 9.55 Å². The summed E-state index contributed by atoms with van der Waals surface area (Å²) in [4.78, 5) is 27.4. The maximum Gasteiger partial charge on any atom is 0.192 e. The maximum atomic E-state index is 12.7. The number of nitrogens with one attached hydrogen (secondary N) is 1. The second-order valence-electron chi connectivity index (χ2n) is 5.39. The summed E-state index contributed by atoms with van der Waals surface area (Å²) < 4.78 is 1.85. The molecule has 0 amide bonds. The van der Waals surface area contributed by atoms with Gasteiger partial charge in [-0.2, -0.15) is 0 Å². The lowest BCUT2D eigenvalue weighted by Gasteiger charge is -2.09. The van der Waals surface area contributed by atoms with E-state index in [4.69, 9.17) is 0 Å².